The van der Waals surface area contributed by atoms with Crippen molar-refractivity contribution in [3.8, 4) is 0 Å². The number of thioether (sulfide) groups is 1. The van der Waals surface area contributed by atoms with Gasteiger partial charge in [0.1, 0.15) is 0 Å². The fourth-order valence-corrected chi connectivity index (χ4v) is 3.27. The lowest BCUT2D eigenvalue weighted by Crippen LogP contribution is -1.86. The summed E-state index contributed by atoms with van der Waals surface area (Å²) in [5.74, 6) is 0.949. The summed E-state index contributed by atoms with van der Waals surface area (Å²) in [5, 5.41) is 1.01. The maximum atomic E-state index is 4.79. The number of unbranched alkanes of at least 4 members (excludes halogenated alkanes) is 1. The first-order valence-corrected chi connectivity index (χ1v) is 8.49. The molecule has 1 heterocycles. The highest BCUT2D eigenvalue weighted by atomic mass is 32.2. The van der Waals surface area contributed by atoms with Crippen molar-refractivity contribution in [3.05, 3.63) is 59.7 Å². The molecule has 0 aliphatic rings. The average molecular weight is 296 g/mol. The van der Waals surface area contributed by atoms with Crippen molar-refractivity contribution in [3.63, 3.8) is 0 Å². The third kappa shape index (κ3) is 3.48. The maximum absolute atomic E-state index is 4.79. The van der Waals surface area contributed by atoms with Gasteiger partial charge in [-0.1, -0.05) is 67.6 Å². The Morgan fingerprint density at radius 2 is 1.90 bits per heavy atom. The van der Waals surface area contributed by atoms with E-state index in [1.165, 1.54) is 24.0 Å². The second-order valence-corrected chi connectivity index (χ2v) is 6.20. The number of para-hydroxylation sites is 1. The number of hydrogen-bond acceptors (Lipinski definition) is 2. The molecule has 3 aromatic rings. The molecule has 0 bridgehead atoms. The molecule has 0 fully saturated rings. The summed E-state index contributed by atoms with van der Waals surface area (Å²) in [7, 11) is 0. The molecule has 0 spiro atoms. The number of H-pyrrole nitrogens is 1. The van der Waals surface area contributed by atoms with Crippen LogP contribution >= 0.6 is 11.8 Å². The Kier molecular flexibility index (Phi) is 4.61. The lowest BCUT2D eigenvalue weighted by molar-refractivity contribution is 0.797. The summed E-state index contributed by atoms with van der Waals surface area (Å²) in [6.07, 6.45) is 3.55. The molecule has 0 radical (unpaired) electrons. The predicted octanol–water partition coefficient (Wildman–Crippen LogP) is 5.20. The van der Waals surface area contributed by atoms with Gasteiger partial charge in [-0.3, -0.25) is 0 Å². The van der Waals surface area contributed by atoms with Gasteiger partial charge < -0.3 is 4.98 Å². The van der Waals surface area contributed by atoms with Crippen LogP contribution in [-0.2, 0) is 12.2 Å². The number of nitrogens with one attached hydrogen (secondary N) is 1. The van der Waals surface area contributed by atoms with E-state index in [0.717, 1.165) is 28.4 Å². The van der Waals surface area contributed by atoms with Crippen LogP contribution in [0.25, 0.3) is 11.0 Å². The molecule has 2 aromatic carbocycles. The van der Waals surface area contributed by atoms with Gasteiger partial charge in [0.25, 0.3) is 0 Å². The smallest absolute Gasteiger partial charge is 0.166 e. The molecule has 3 rings (SSSR count). The molecule has 0 unspecified atom stereocenters. The zero-order chi connectivity index (χ0) is 14.5. The number of imidazole rings is 1. The molecule has 0 atom stereocenters. The van der Waals surface area contributed by atoms with Crippen LogP contribution in [-0.4, -0.2) is 9.97 Å². The van der Waals surface area contributed by atoms with Crippen LogP contribution in [0.15, 0.2) is 53.7 Å². The fourth-order valence-electron chi connectivity index (χ4n) is 2.43. The van der Waals surface area contributed by atoms with Crippen LogP contribution in [0.3, 0.4) is 0 Å². The first kappa shape index (κ1) is 14.2. The molecule has 2 nitrogen and oxygen atoms in total. The molecule has 0 saturated heterocycles. The molecular weight excluding hydrogens is 276 g/mol. The van der Waals surface area contributed by atoms with Crippen LogP contribution < -0.4 is 0 Å². The molecule has 0 amide bonds. The largest absolute Gasteiger partial charge is 0.333 e. The van der Waals surface area contributed by atoms with E-state index < -0.39 is 0 Å². The summed E-state index contributed by atoms with van der Waals surface area (Å²) < 4.78 is 0. The monoisotopic (exact) mass is 296 g/mol. The number of nitrogens with zero attached hydrogens (tertiary/aromatic N) is 1. The number of aryl methyl sites for hydroxylation is 1. The molecule has 21 heavy (non-hydrogen) atoms. The van der Waals surface area contributed by atoms with Gasteiger partial charge in [-0.05, 0) is 30.0 Å². The summed E-state index contributed by atoms with van der Waals surface area (Å²) in [4.78, 5) is 8.22. The van der Waals surface area contributed by atoms with Gasteiger partial charge in [-0.15, -0.1) is 0 Å². The van der Waals surface area contributed by atoms with Crippen molar-refractivity contribution in [2.45, 2.75) is 37.1 Å². The highest BCUT2D eigenvalue weighted by molar-refractivity contribution is 7.98. The highest BCUT2D eigenvalue weighted by Crippen LogP contribution is 2.25. The number of fused-ring (bicyclic) bond motifs is 1. The van der Waals surface area contributed by atoms with E-state index in [9.17, 15) is 0 Å². The lowest BCUT2D eigenvalue weighted by atomic mass is 10.1. The summed E-state index contributed by atoms with van der Waals surface area (Å²) in [6, 6.07) is 17.0. The Labute approximate surface area is 130 Å². The molecule has 1 N–H and O–H groups in total. The van der Waals surface area contributed by atoms with E-state index in [1.54, 1.807) is 11.8 Å². The number of aromatic nitrogens is 2. The van der Waals surface area contributed by atoms with E-state index in [1.807, 2.05) is 0 Å². The Morgan fingerprint density at radius 1 is 1.05 bits per heavy atom. The third-order valence-electron chi connectivity index (χ3n) is 3.59. The lowest BCUT2D eigenvalue weighted by Gasteiger charge is -2.00. The minimum Gasteiger partial charge on any atom is -0.333 e. The molecule has 0 aliphatic heterocycles. The second-order valence-electron chi connectivity index (χ2n) is 5.23. The van der Waals surface area contributed by atoms with Gasteiger partial charge in [0.2, 0.25) is 0 Å². The fraction of sp³-hybridized carbons (Fsp3) is 0.278. The van der Waals surface area contributed by atoms with Gasteiger partial charge in [0, 0.05) is 5.75 Å². The quantitative estimate of drug-likeness (QED) is 0.633. The number of benzene rings is 2. The average Bonchev–Trinajstić information content (AvgIpc) is 2.95. The predicted molar refractivity (Wildman–Crippen MR) is 90.7 cm³/mol. The maximum Gasteiger partial charge on any atom is 0.166 e. The van der Waals surface area contributed by atoms with Crippen LogP contribution in [0.5, 0.6) is 0 Å². The summed E-state index contributed by atoms with van der Waals surface area (Å²) >= 11 is 1.77. The van der Waals surface area contributed by atoms with Crippen molar-refractivity contribution >= 4 is 22.8 Å². The first-order chi connectivity index (χ1) is 10.4. The van der Waals surface area contributed by atoms with Gasteiger partial charge in [0.15, 0.2) is 5.16 Å². The van der Waals surface area contributed by atoms with Gasteiger partial charge in [-0.25, -0.2) is 4.98 Å². The third-order valence-corrected chi connectivity index (χ3v) is 4.54. The van der Waals surface area contributed by atoms with Crippen LogP contribution in [0.4, 0.5) is 0 Å². The molecular formula is C18H20N2S. The summed E-state index contributed by atoms with van der Waals surface area (Å²) in [5.41, 5.74) is 4.98. The Morgan fingerprint density at radius 3 is 2.71 bits per heavy atom. The van der Waals surface area contributed by atoms with Crippen molar-refractivity contribution < 1.29 is 0 Å². The standard InChI is InChI=1S/C18H20N2S/c1-2-3-10-15-11-7-12-16-17(15)20-18(19-16)21-13-14-8-5-4-6-9-14/h4-9,11-12H,2-3,10,13H2,1H3,(H,19,20). The Bertz CT molecular complexity index is 704. The Balaban J connectivity index is 1.77. The first-order valence-electron chi connectivity index (χ1n) is 7.51. The topological polar surface area (TPSA) is 28.7 Å². The van der Waals surface area contributed by atoms with Crippen LogP contribution in [0, 0.1) is 0 Å². The second kappa shape index (κ2) is 6.81. The molecule has 3 heteroatoms. The number of hydrogen-bond donors (Lipinski definition) is 1. The minimum atomic E-state index is 0.949. The Hall–Kier alpha value is -1.74. The van der Waals surface area contributed by atoms with Crippen molar-refractivity contribution in [2.24, 2.45) is 0 Å². The van der Waals surface area contributed by atoms with Crippen LogP contribution in [0.1, 0.15) is 30.9 Å². The van der Waals surface area contributed by atoms with E-state index in [0.29, 0.717) is 0 Å². The molecule has 1 aromatic heterocycles. The van der Waals surface area contributed by atoms with E-state index in [2.05, 4.69) is 60.4 Å². The normalized spacial score (nSPS) is 11.1. The van der Waals surface area contributed by atoms with E-state index in [4.69, 9.17) is 4.98 Å². The molecule has 108 valence electrons. The molecule has 0 saturated carbocycles. The van der Waals surface area contributed by atoms with Crippen molar-refractivity contribution in [1.29, 1.82) is 0 Å². The summed E-state index contributed by atoms with van der Waals surface area (Å²) in [6.45, 7) is 2.23. The van der Waals surface area contributed by atoms with Crippen LogP contribution in [0.2, 0.25) is 0 Å². The SMILES string of the molecule is CCCCc1cccc2[nH]c(SCc3ccccc3)nc12. The number of aromatic amines is 1. The van der Waals surface area contributed by atoms with E-state index >= 15 is 0 Å². The van der Waals surface area contributed by atoms with Crippen molar-refractivity contribution in [2.75, 3.05) is 0 Å². The van der Waals surface area contributed by atoms with Crippen molar-refractivity contribution in [1.82, 2.24) is 9.97 Å². The molecule has 0 aliphatic carbocycles. The van der Waals surface area contributed by atoms with Gasteiger partial charge in [0.05, 0.1) is 11.0 Å². The van der Waals surface area contributed by atoms with Gasteiger partial charge >= 0.3 is 0 Å². The zero-order valence-corrected chi connectivity index (χ0v) is 13.1. The van der Waals surface area contributed by atoms with Gasteiger partial charge in [-0.2, -0.15) is 0 Å². The highest BCUT2D eigenvalue weighted by Gasteiger charge is 2.07. The minimum absolute atomic E-state index is 0.949. The van der Waals surface area contributed by atoms with E-state index in [-0.39, 0.29) is 0 Å². The zero-order valence-electron chi connectivity index (χ0n) is 12.3. The number of rotatable bonds is 6.